The van der Waals surface area contributed by atoms with Gasteiger partial charge in [-0.15, -0.1) is 4.98 Å². The number of benzene rings is 3. The summed E-state index contributed by atoms with van der Waals surface area (Å²) >= 11 is 0. The maximum Gasteiger partial charge on any atom is 0.359 e. The highest BCUT2D eigenvalue weighted by atomic mass is 15.3. The fraction of sp³-hybridized carbons (Fsp3) is 0.214. The highest BCUT2D eigenvalue weighted by Gasteiger charge is 2.37. The van der Waals surface area contributed by atoms with E-state index in [9.17, 15) is 0 Å². The summed E-state index contributed by atoms with van der Waals surface area (Å²) in [4.78, 5) is 5.07. The van der Waals surface area contributed by atoms with E-state index in [0.717, 1.165) is 22.7 Å². The zero-order valence-electron chi connectivity index (χ0n) is 19.4. The first-order chi connectivity index (χ1) is 15.4. The number of fused-ring (bicyclic) bond motifs is 1. The SMILES string of the molecule is Cc1c(-c2ccccc2)n(-c2ccccc2)c(C(C)(C)C)[n+]1-c1nc2ccccc2n1C. The Labute approximate surface area is 189 Å². The molecule has 0 aliphatic carbocycles. The molecule has 0 bridgehead atoms. The van der Waals surface area contributed by atoms with Crippen molar-refractivity contribution in [1.82, 2.24) is 14.1 Å². The molecule has 0 saturated carbocycles. The highest BCUT2D eigenvalue weighted by Crippen LogP contribution is 2.34. The lowest BCUT2D eigenvalue weighted by Crippen LogP contribution is -2.44. The quantitative estimate of drug-likeness (QED) is 0.333. The molecule has 5 aromatic rings. The van der Waals surface area contributed by atoms with Gasteiger partial charge in [-0.05, 0) is 31.2 Å². The molecule has 5 rings (SSSR count). The lowest BCUT2D eigenvalue weighted by atomic mass is 9.95. The van der Waals surface area contributed by atoms with Gasteiger partial charge in [-0.25, -0.2) is 9.13 Å². The number of imidazole rings is 2. The van der Waals surface area contributed by atoms with Gasteiger partial charge in [-0.2, -0.15) is 4.57 Å². The molecule has 2 heterocycles. The summed E-state index contributed by atoms with van der Waals surface area (Å²) in [6, 6.07) is 29.6. The van der Waals surface area contributed by atoms with Gasteiger partial charge in [0.15, 0.2) is 11.3 Å². The molecule has 4 heteroatoms. The van der Waals surface area contributed by atoms with E-state index in [2.05, 4.69) is 127 Å². The molecule has 0 atom stereocenters. The third-order valence-electron chi connectivity index (χ3n) is 6.02. The van der Waals surface area contributed by atoms with Crippen LogP contribution in [-0.4, -0.2) is 14.1 Å². The van der Waals surface area contributed by atoms with Crippen molar-refractivity contribution in [2.45, 2.75) is 33.1 Å². The van der Waals surface area contributed by atoms with Crippen molar-refractivity contribution in [2.24, 2.45) is 7.05 Å². The summed E-state index contributed by atoms with van der Waals surface area (Å²) < 4.78 is 6.95. The van der Waals surface area contributed by atoms with Crippen LogP contribution in [0.1, 0.15) is 32.3 Å². The van der Waals surface area contributed by atoms with Gasteiger partial charge in [0.25, 0.3) is 0 Å². The summed E-state index contributed by atoms with van der Waals surface area (Å²) in [5.41, 5.74) is 6.70. The van der Waals surface area contributed by atoms with Gasteiger partial charge >= 0.3 is 5.95 Å². The van der Waals surface area contributed by atoms with E-state index < -0.39 is 0 Å². The zero-order valence-corrected chi connectivity index (χ0v) is 19.4. The number of hydrogen-bond acceptors (Lipinski definition) is 1. The number of hydrogen-bond donors (Lipinski definition) is 0. The van der Waals surface area contributed by atoms with Crippen LogP contribution < -0.4 is 4.57 Å². The monoisotopic (exact) mass is 421 g/mol. The van der Waals surface area contributed by atoms with E-state index in [4.69, 9.17) is 4.98 Å². The molecule has 2 aromatic heterocycles. The molecule has 3 aromatic carbocycles. The van der Waals surface area contributed by atoms with Crippen molar-refractivity contribution in [3.05, 3.63) is 96.4 Å². The third kappa shape index (κ3) is 3.14. The minimum atomic E-state index is -0.133. The first-order valence-corrected chi connectivity index (χ1v) is 11.1. The second-order valence-corrected chi connectivity index (χ2v) is 9.34. The van der Waals surface area contributed by atoms with Crippen LogP contribution in [0.3, 0.4) is 0 Å². The van der Waals surface area contributed by atoms with Crippen molar-refractivity contribution in [3.8, 4) is 22.9 Å². The molecule has 0 radical (unpaired) electrons. The van der Waals surface area contributed by atoms with Gasteiger partial charge < -0.3 is 0 Å². The number of rotatable bonds is 3. The first kappa shape index (κ1) is 20.3. The molecule has 32 heavy (non-hydrogen) atoms. The van der Waals surface area contributed by atoms with Crippen LogP contribution in [0.4, 0.5) is 0 Å². The van der Waals surface area contributed by atoms with Crippen molar-refractivity contribution < 1.29 is 4.57 Å². The molecule has 4 nitrogen and oxygen atoms in total. The van der Waals surface area contributed by atoms with E-state index >= 15 is 0 Å². The zero-order chi connectivity index (χ0) is 22.5. The lowest BCUT2D eigenvalue weighted by molar-refractivity contribution is -0.622. The van der Waals surface area contributed by atoms with Crippen LogP contribution in [0, 0.1) is 6.92 Å². The normalized spacial score (nSPS) is 11.9. The van der Waals surface area contributed by atoms with Crippen molar-refractivity contribution >= 4 is 11.0 Å². The molecular weight excluding hydrogens is 392 g/mol. The maximum atomic E-state index is 5.07. The molecule has 0 aliphatic heterocycles. The standard InChI is InChI=1S/C28H29N4/c1-20-25(21-14-8-6-9-15-21)32(22-16-10-7-11-17-22)26(28(2,3)4)31(20)27-29-23-18-12-13-19-24(23)30(27)5/h6-19H,1-5H3/q+1. The number of nitrogens with zero attached hydrogens (tertiary/aromatic N) is 4. The van der Waals surface area contributed by atoms with Gasteiger partial charge in [0, 0.05) is 18.0 Å². The lowest BCUT2D eigenvalue weighted by Gasteiger charge is -2.20. The first-order valence-electron chi connectivity index (χ1n) is 11.1. The Kier molecular flexibility index (Phi) is 4.74. The van der Waals surface area contributed by atoms with Crippen LogP contribution in [0.15, 0.2) is 84.9 Å². The fourth-order valence-electron chi connectivity index (χ4n) is 4.64. The minimum Gasteiger partial charge on any atom is -0.248 e. The molecule has 0 amide bonds. The molecular formula is C28H29N4+. The summed E-state index contributed by atoms with van der Waals surface area (Å²) in [7, 11) is 2.10. The van der Waals surface area contributed by atoms with E-state index in [-0.39, 0.29) is 5.41 Å². The Morgan fingerprint density at radius 2 is 1.38 bits per heavy atom. The predicted molar refractivity (Wildman–Crippen MR) is 130 cm³/mol. The van der Waals surface area contributed by atoms with Crippen molar-refractivity contribution in [3.63, 3.8) is 0 Å². The van der Waals surface area contributed by atoms with Crippen LogP contribution in [0.2, 0.25) is 0 Å². The summed E-state index contributed by atoms with van der Waals surface area (Å²) in [5.74, 6) is 2.12. The van der Waals surface area contributed by atoms with Crippen LogP contribution in [-0.2, 0) is 12.5 Å². The second kappa shape index (κ2) is 7.49. The number of aromatic nitrogens is 4. The van der Waals surface area contributed by atoms with E-state index in [1.165, 1.54) is 22.8 Å². The van der Waals surface area contributed by atoms with Crippen molar-refractivity contribution in [1.29, 1.82) is 0 Å². The Hall–Kier alpha value is -3.66. The van der Waals surface area contributed by atoms with Crippen molar-refractivity contribution in [2.75, 3.05) is 0 Å². The van der Waals surface area contributed by atoms with Crippen LogP contribution in [0.5, 0.6) is 0 Å². The van der Waals surface area contributed by atoms with Gasteiger partial charge in [-0.3, -0.25) is 0 Å². The second-order valence-electron chi connectivity index (χ2n) is 9.34. The summed E-state index contributed by atoms with van der Waals surface area (Å²) in [6.07, 6.45) is 0. The molecule has 0 saturated heterocycles. The largest absolute Gasteiger partial charge is 0.359 e. The molecule has 0 N–H and O–H groups in total. The minimum absolute atomic E-state index is 0.133. The third-order valence-corrected chi connectivity index (χ3v) is 6.02. The van der Waals surface area contributed by atoms with Crippen LogP contribution in [0.25, 0.3) is 33.9 Å². The van der Waals surface area contributed by atoms with Crippen LogP contribution >= 0.6 is 0 Å². The topological polar surface area (TPSA) is 26.6 Å². The maximum absolute atomic E-state index is 5.07. The molecule has 160 valence electrons. The van der Waals surface area contributed by atoms with Gasteiger partial charge in [-0.1, -0.05) is 81.4 Å². The Balaban J connectivity index is 1.95. The predicted octanol–water partition coefficient (Wildman–Crippen LogP) is 5.91. The Bertz CT molecular complexity index is 1400. The van der Waals surface area contributed by atoms with E-state index in [0.29, 0.717) is 0 Å². The number of para-hydroxylation sites is 3. The highest BCUT2D eigenvalue weighted by molar-refractivity contribution is 5.76. The fourth-order valence-corrected chi connectivity index (χ4v) is 4.64. The average molecular weight is 422 g/mol. The molecule has 0 aliphatic rings. The average Bonchev–Trinajstić information content (AvgIpc) is 3.29. The van der Waals surface area contributed by atoms with Gasteiger partial charge in [0.1, 0.15) is 16.9 Å². The van der Waals surface area contributed by atoms with Gasteiger partial charge in [0.2, 0.25) is 0 Å². The Morgan fingerprint density at radius 3 is 2.00 bits per heavy atom. The smallest absolute Gasteiger partial charge is 0.248 e. The summed E-state index contributed by atoms with van der Waals surface area (Å²) in [6.45, 7) is 9.02. The summed E-state index contributed by atoms with van der Waals surface area (Å²) in [5, 5.41) is 0. The van der Waals surface area contributed by atoms with E-state index in [1.807, 2.05) is 6.07 Å². The van der Waals surface area contributed by atoms with Gasteiger partial charge in [0.05, 0.1) is 5.69 Å². The molecule has 0 fully saturated rings. The molecule has 0 unspecified atom stereocenters. The Morgan fingerprint density at radius 1 is 0.781 bits per heavy atom. The number of aryl methyl sites for hydroxylation is 1. The van der Waals surface area contributed by atoms with E-state index in [1.54, 1.807) is 0 Å². The molecule has 0 spiro atoms.